The van der Waals surface area contributed by atoms with Gasteiger partial charge in [-0.25, -0.2) is 4.79 Å². The first-order valence-electron chi connectivity index (χ1n) is 4.63. The highest BCUT2D eigenvalue weighted by molar-refractivity contribution is 6.70. The van der Waals surface area contributed by atoms with Gasteiger partial charge in [0, 0.05) is 0 Å². The fraction of sp³-hybridized carbons (Fsp3) is 0.500. The molecule has 1 heterocycles. The molecule has 0 saturated heterocycles. The highest BCUT2D eigenvalue weighted by atomic mass is 28.4. The largest absolute Gasteiger partial charge is 0.532 e. The van der Waals surface area contributed by atoms with Crippen molar-refractivity contribution in [2.24, 2.45) is 0 Å². The Morgan fingerprint density at radius 3 is 2.06 bits per heavy atom. The smallest absolute Gasteiger partial charge is 0.426 e. The van der Waals surface area contributed by atoms with E-state index in [1.165, 1.54) is 4.98 Å². The number of rotatable bonds is 2. The summed E-state index contributed by atoms with van der Waals surface area (Å²) in [5.74, 6) is -0.814. The summed E-state index contributed by atoms with van der Waals surface area (Å²) >= 11 is 0. The first kappa shape index (κ1) is 13.6. The van der Waals surface area contributed by atoms with Crippen molar-refractivity contribution in [2.45, 2.75) is 25.8 Å². The maximum absolute atomic E-state index is 12.6. The maximum atomic E-state index is 12.6. The molecule has 96 valence electrons. The van der Waals surface area contributed by atoms with Crippen LogP contribution >= 0.6 is 0 Å². The lowest BCUT2D eigenvalue weighted by Gasteiger charge is -2.20. The van der Waals surface area contributed by atoms with Gasteiger partial charge in [-0.05, 0) is 19.6 Å². The highest BCUT2D eigenvalue weighted by Crippen LogP contribution is 2.32. The number of nitrogens with one attached hydrogen (secondary N) is 2. The molecule has 0 aromatic carbocycles. The Morgan fingerprint density at radius 1 is 1.12 bits per heavy atom. The summed E-state index contributed by atoms with van der Waals surface area (Å²) < 4.78 is 42.9. The lowest BCUT2D eigenvalue weighted by atomic mass is 10.3. The molecule has 0 spiro atoms. The van der Waals surface area contributed by atoms with E-state index >= 15 is 0 Å². The monoisotopic (exact) mass is 268 g/mol. The lowest BCUT2D eigenvalue weighted by Crippen LogP contribution is -2.36. The van der Waals surface area contributed by atoms with Gasteiger partial charge in [-0.3, -0.25) is 14.8 Å². The van der Waals surface area contributed by atoms with Crippen LogP contribution in [0.25, 0.3) is 0 Å². The van der Waals surface area contributed by atoms with Crippen LogP contribution in [0.4, 0.5) is 13.2 Å². The molecule has 17 heavy (non-hydrogen) atoms. The molecule has 9 heteroatoms. The van der Waals surface area contributed by atoms with Crippen LogP contribution in [-0.2, 0) is 6.18 Å². The molecule has 0 aliphatic carbocycles. The maximum Gasteiger partial charge on any atom is 0.426 e. The summed E-state index contributed by atoms with van der Waals surface area (Å²) in [6.45, 7) is 4.89. The van der Waals surface area contributed by atoms with Crippen LogP contribution in [0.2, 0.25) is 19.6 Å². The van der Waals surface area contributed by atoms with Gasteiger partial charge in [0.05, 0.1) is 0 Å². The van der Waals surface area contributed by atoms with Crippen LogP contribution in [0.5, 0.6) is 5.88 Å². The quantitative estimate of drug-likeness (QED) is 0.794. The zero-order valence-corrected chi connectivity index (χ0v) is 10.4. The van der Waals surface area contributed by atoms with Crippen molar-refractivity contribution in [3.8, 4) is 5.88 Å². The zero-order chi connectivity index (χ0) is 13.4. The lowest BCUT2D eigenvalue weighted by molar-refractivity contribution is -0.139. The molecule has 0 aliphatic heterocycles. The topological polar surface area (TPSA) is 75.0 Å². The highest BCUT2D eigenvalue weighted by Gasteiger charge is 2.39. The summed E-state index contributed by atoms with van der Waals surface area (Å²) in [6, 6.07) is 0. The summed E-state index contributed by atoms with van der Waals surface area (Å²) in [6.07, 6.45) is -4.88. The molecule has 1 aromatic rings. The minimum Gasteiger partial charge on any atom is -0.532 e. The number of H-pyrrole nitrogens is 2. The van der Waals surface area contributed by atoms with Crippen molar-refractivity contribution in [3.05, 3.63) is 26.4 Å². The Morgan fingerprint density at radius 2 is 1.65 bits per heavy atom. The van der Waals surface area contributed by atoms with Crippen molar-refractivity contribution in [1.82, 2.24) is 9.97 Å². The Bertz CT molecular complexity index is 527. The molecule has 0 aliphatic rings. The van der Waals surface area contributed by atoms with Gasteiger partial charge in [0.15, 0.2) is 11.4 Å². The molecule has 0 unspecified atom stereocenters. The van der Waals surface area contributed by atoms with Gasteiger partial charge in [-0.2, -0.15) is 13.2 Å². The number of hydrogen-bond donors (Lipinski definition) is 2. The second-order valence-corrected chi connectivity index (χ2v) is 8.75. The van der Waals surface area contributed by atoms with E-state index in [4.69, 9.17) is 4.43 Å². The fourth-order valence-electron chi connectivity index (χ4n) is 1.11. The van der Waals surface area contributed by atoms with Gasteiger partial charge in [-0.15, -0.1) is 0 Å². The van der Waals surface area contributed by atoms with Crippen LogP contribution in [0.1, 0.15) is 5.56 Å². The van der Waals surface area contributed by atoms with Crippen LogP contribution in [0.3, 0.4) is 0 Å². The Balaban J connectivity index is 3.47. The molecule has 0 saturated carbocycles. The molecule has 0 radical (unpaired) electrons. The third-order valence-corrected chi connectivity index (χ3v) is 2.42. The minimum absolute atomic E-state index is 0.814. The predicted octanol–water partition coefficient (Wildman–Crippen LogP) is 1.30. The van der Waals surface area contributed by atoms with Gasteiger partial charge in [-0.1, -0.05) is 0 Å². The average Bonchev–Trinajstić information content (AvgIpc) is 1.94. The van der Waals surface area contributed by atoms with Crippen molar-refractivity contribution in [3.63, 3.8) is 0 Å². The summed E-state index contributed by atoms with van der Waals surface area (Å²) in [5.41, 5.74) is -4.05. The van der Waals surface area contributed by atoms with Gasteiger partial charge in [0.1, 0.15) is 0 Å². The van der Waals surface area contributed by atoms with Gasteiger partial charge in [0.25, 0.3) is 5.56 Å². The summed E-state index contributed by atoms with van der Waals surface area (Å²) in [4.78, 5) is 25.4. The third kappa shape index (κ3) is 3.48. The molecular formula is C8H11F3N2O3Si. The molecule has 0 amide bonds. The molecule has 0 atom stereocenters. The number of hydrogen-bond acceptors (Lipinski definition) is 3. The molecule has 1 aromatic heterocycles. The Labute approximate surface area is 94.8 Å². The average molecular weight is 268 g/mol. The third-order valence-electron chi connectivity index (χ3n) is 1.60. The first-order chi connectivity index (χ1) is 7.50. The van der Waals surface area contributed by atoms with E-state index in [1.807, 2.05) is 4.98 Å². The van der Waals surface area contributed by atoms with Crippen LogP contribution in [-0.4, -0.2) is 18.3 Å². The van der Waals surface area contributed by atoms with Crippen molar-refractivity contribution in [2.75, 3.05) is 0 Å². The number of aromatic amines is 2. The van der Waals surface area contributed by atoms with Crippen LogP contribution < -0.4 is 15.7 Å². The van der Waals surface area contributed by atoms with Crippen LogP contribution in [0, 0.1) is 0 Å². The fourth-order valence-corrected chi connectivity index (χ4v) is 1.87. The van der Waals surface area contributed by atoms with Crippen molar-refractivity contribution >= 4 is 8.32 Å². The van der Waals surface area contributed by atoms with E-state index in [0.29, 0.717) is 0 Å². The first-order valence-corrected chi connectivity index (χ1v) is 8.04. The van der Waals surface area contributed by atoms with E-state index < -0.39 is 37.2 Å². The normalized spacial score (nSPS) is 12.6. The number of halogens is 3. The van der Waals surface area contributed by atoms with Gasteiger partial charge >= 0.3 is 11.9 Å². The molecule has 5 nitrogen and oxygen atoms in total. The molecule has 0 fully saturated rings. The molecular weight excluding hydrogens is 257 g/mol. The Kier molecular flexibility index (Phi) is 3.23. The number of alkyl halides is 3. The van der Waals surface area contributed by atoms with E-state index in [2.05, 4.69) is 0 Å². The molecule has 0 bridgehead atoms. The van der Waals surface area contributed by atoms with Gasteiger partial charge in [0.2, 0.25) is 8.32 Å². The van der Waals surface area contributed by atoms with Crippen molar-refractivity contribution in [1.29, 1.82) is 0 Å². The Hall–Kier alpha value is -1.51. The summed E-state index contributed by atoms with van der Waals surface area (Å²) in [7, 11) is -2.38. The molecule has 2 N–H and O–H groups in total. The SMILES string of the molecule is C[Si](C)(C)Oc1[nH]c(=O)[nH]c(=O)c1C(F)(F)F. The van der Waals surface area contributed by atoms with E-state index in [0.717, 1.165) is 0 Å². The summed E-state index contributed by atoms with van der Waals surface area (Å²) in [5, 5.41) is 0. The van der Waals surface area contributed by atoms with Crippen LogP contribution in [0.15, 0.2) is 9.59 Å². The zero-order valence-electron chi connectivity index (χ0n) is 9.36. The minimum atomic E-state index is -4.88. The van der Waals surface area contributed by atoms with E-state index in [9.17, 15) is 22.8 Å². The second kappa shape index (κ2) is 4.06. The second-order valence-electron chi connectivity index (χ2n) is 4.32. The van der Waals surface area contributed by atoms with Crippen molar-refractivity contribution < 1.29 is 17.6 Å². The number of aromatic nitrogens is 2. The van der Waals surface area contributed by atoms with E-state index in [1.54, 1.807) is 19.6 Å². The standard InChI is InChI=1S/C8H11F3N2O3Si/c1-17(2,3)16-6-4(8(9,10)11)5(14)12-7(15)13-6/h1-3H3,(H2,12,13,14,15). The molecule has 1 rings (SSSR count). The van der Waals surface area contributed by atoms with E-state index in [-0.39, 0.29) is 0 Å². The van der Waals surface area contributed by atoms with Gasteiger partial charge < -0.3 is 4.43 Å². The predicted molar refractivity (Wildman–Crippen MR) is 56.7 cm³/mol.